The number of likely N-dealkylation sites (tertiary alicyclic amines) is 1. The first-order valence-electron chi connectivity index (χ1n) is 7.52. The van der Waals surface area contributed by atoms with E-state index < -0.39 is 5.41 Å². The van der Waals surface area contributed by atoms with Gasteiger partial charge >= 0.3 is 5.97 Å². The summed E-state index contributed by atoms with van der Waals surface area (Å²) in [7, 11) is 1.37. The first-order valence-corrected chi connectivity index (χ1v) is 7.52. The summed E-state index contributed by atoms with van der Waals surface area (Å²) in [6.07, 6.45) is 7.14. The number of methoxy groups -OCH3 is 1. The quantitative estimate of drug-likeness (QED) is 0.580. The smallest absolute Gasteiger partial charge is 0.321 e. The van der Waals surface area contributed by atoms with Crippen LogP contribution in [-0.2, 0) is 14.3 Å². The second-order valence-electron chi connectivity index (χ2n) is 5.95. The lowest BCUT2D eigenvalue weighted by Crippen LogP contribution is -2.41. The summed E-state index contributed by atoms with van der Waals surface area (Å²) >= 11 is 0. The summed E-state index contributed by atoms with van der Waals surface area (Å²) in [5.74, 6) is 0.416. The third kappa shape index (κ3) is 2.93. The number of carbonyl (C=O) groups is 2. The molecule has 0 radical (unpaired) electrons. The van der Waals surface area contributed by atoms with Gasteiger partial charge in [0.25, 0.3) is 0 Å². The van der Waals surface area contributed by atoms with Gasteiger partial charge in [0.2, 0.25) is 5.91 Å². The van der Waals surface area contributed by atoms with Gasteiger partial charge in [0.05, 0.1) is 7.11 Å². The standard InChI is InChI=1S/C15H25NO3/c1-3-5-12-6-4-10-16(11-7-12)13(17)15(8-9-15)14(18)19-2/h12H,3-11H2,1-2H3/t12-/m1/s1. The van der Waals surface area contributed by atoms with E-state index in [1.807, 2.05) is 4.90 Å². The molecule has 1 atom stereocenters. The fourth-order valence-electron chi connectivity index (χ4n) is 3.19. The molecular formula is C15H25NO3. The topological polar surface area (TPSA) is 46.6 Å². The summed E-state index contributed by atoms with van der Waals surface area (Å²) in [6.45, 7) is 3.82. The maximum Gasteiger partial charge on any atom is 0.321 e. The number of amides is 1. The Balaban J connectivity index is 1.95. The lowest BCUT2D eigenvalue weighted by molar-refractivity contribution is -0.156. The molecule has 0 spiro atoms. The highest BCUT2D eigenvalue weighted by Gasteiger charge is 2.59. The third-order valence-corrected chi connectivity index (χ3v) is 4.57. The Morgan fingerprint density at radius 2 is 2.00 bits per heavy atom. The lowest BCUT2D eigenvalue weighted by atomic mass is 9.96. The minimum Gasteiger partial charge on any atom is -0.468 e. The molecule has 2 rings (SSSR count). The van der Waals surface area contributed by atoms with Crippen LogP contribution in [0.3, 0.4) is 0 Å². The molecular weight excluding hydrogens is 242 g/mol. The Morgan fingerprint density at radius 3 is 2.58 bits per heavy atom. The van der Waals surface area contributed by atoms with Crippen LogP contribution in [0.2, 0.25) is 0 Å². The summed E-state index contributed by atoms with van der Waals surface area (Å²) in [5.41, 5.74) is -0.820. The van der Waals surface area contributed by atoms with Crippen molar-refractivity contribution >= 4 is 11.9 Å². The van der Waals surface area contributed by atoms with Crippen molar-refractivity contribution in [1.82, 2.24) is 4.90 Å². The molecule has 1 saturated heterocycles. The molecule has 4 nitrogen and oxygen atoms in total. The number of rotatable bonds is 4. The molecule has 0 unspecified atom stereocenters. The Morgan fingerprint density at radius 1 is 1.26 bits per heavy atom. The largest absolute Gasteiger partial charge is 0.468 e. The Bertz CT molecular complexity index is 349. The Hall–Kier alpha value is -1.06. The van der Waals surface area contributed by atoms with Crippen LogP contribution >= 0.6 is 0 Å². The maximum atomic E-state index is 12.5. The fourth-order valence-corrected chi connectivity index (χ4v) is 3.19. The molecule has 1 aliphatic heterocycles. The van der Waals surface area contributed by atoms with Gasteiger partial charge in [0.15, 0.2) is 0 Å². The number of esters is 1. The van der Waals surface area contributed by atoms with E-state index in [0.717, 1.165) is 31.8 Å². The van der Waals surface area contributed by atoms with Crippen molar-refractivity contribution in [3.05, 3.63) is 0 Å². The van der Waals surface area contributed by atoms with Crippen molar-refractivity contribution in [2.75, 3.05) is 20.2 Å². The predicted octanol–water partition coefficient (Wildman–Crippen LogP) is 2.37. The van der Waals surface area contributed by atoms with Crippen LogP contribution < -0.4 is 0 Å². The van der Waals surface area contributed by atoms with Gasteiger partial charge in [-0.2, -0.15) is 0 Å². The molecule has 4 heteroatoms. The fraction of sp³-hybridized carbons (Fsp3) is 0.867. The van der Waals surface area contributed by atoms with E-state index in [9.17, 15) is 9.59 Å². The second-order valence-corrected chi connectivity index (χ2v) is 5.95. The van der Waals surface area contributed by atoms with E-state index in [-0.39, 0.29) is 11.9 Å². The summed E-state index contributed by atoms with van der Waals surface area (Å²) < 4.78 is 4.79. The van der Waals surface area contributed by atoms with Gasteiger partial charge in [-0.15, -0.1) is 0 Å². The monoisotopic (exact) mass is 267 g/mol. The molecule has 2 aliphatic rings. The second kappa shape index (κ2) is 5.93. The number of nitrogens with zero attached hydrogens (tertiary/aromatic N) is 1. The van der Waals surface area contributed by atoms with Gasteiger partial charge < -0.3 is 9.64 Å². The van der Waals surface area contributed by atoms with Gasteiger partial charge in [-0.1, -0.05) is 19.8 Å². The molecule has 19 heavy (non-hydrogen) atoms. The first kappa shape index (κ1) is 14.4. The normalized spacial score (nSPS) is 25.6. The summed E-state index contributed by atoms with van der Waals surface area (Å²) in [5, 5.41) is 0. The molecule has 0 bridgehead atoms. The lowest BCUT2D eigenvalue weighted by Gasteiger charge is -2.24. The molecule has 0 aromatic carbocycles. The van der Waals surface area contributed by atoms with E-state index >= 15 is 0 Å². The molecule has 1 amide bonds. The zero-order valence-electron chi connectivity index (χ0n) is 12.1. The number of ether oxygens (including phenoxy) is 1. The number of hydrogen-bond acceptors (Lipinski definition) is 3. The molecule has 0 aromatic rings. The Labute approximate surface area is 115 Å². The molecule has 0 N–H and O–H groups in total. The van der Waals surface area contributed by atoms with Crippen molar-refractivity contribution in [1.29, 1.82) is 0 Å². The van der Waals surface area contributed by atoms with Crippen LogP contribution in [0.5, 0.6) is 0 Å². The molecule has 108 valence electrons. The molecule has 1 aliphatic carbocycles. The van der Waals surface area contributed by atoms with Gasteiger partial charge in [-0.25, -0.2) is 0 Å². The average Bonchev–Trinajstić information content (AvgIpc) is 3.22. The van der Waals surface area contributed by atoms with E-state index in [0.29, 0.717) is 12.8 Å². The third-order valence-electron chi connectivity index (χ3n) is 4.57. The van der Waals surface area contributed by atoms with Crippen molar-refractivity contribution in [2.24, 2.45) is 11.3 Å². The molecule has 0 aromatic heterocycles. The minimum atomic E-state index is -0.820. The minimum absolute atomic E-state index is 0.0106. The van der Waals surface area contributed by atoms with Crippen molar-refractivity contribution < 1.29 is 14.3 Å². The van der Waals surface area contributed by atoms with Crippen molar-refractivity contribution in [3.63, 3.8) is 0 Å². The van der Waals surface area contributed by atoms with Crippen LogP contribution in [0.25, 0.3) is 0 Å². The van der Waals surface area contributed by atoms with E-state index in [2.05, 4.69) is 6.92 Å². The molecule has 1 heterocycles. The van der Waals surface area contributed by atoms with Gasteiger partial charge in [0.1, 0.15) is 5.41 Å². The zero-order valence-corrected chi connectivity index (χ0v) is 12.1. The van der Waals surface area contributed by atoms with E-state index in [1.165, 1.54) is 26.4 Å². The average molecular weight is 267 g/mol. The molecule has 1 saturated carbocycles. The van der Waals surface area contributed by atoms with Gasteiger partial charge in [-0.3, -0.25) is 9.59 Å². The highest BCUT2D eigenvalue weighted by molar-refractivity contribution is 6.05. The Kier molecular flexibility index (Phi) is 4.48. The highest BCUT2D eigenvalue weighted by Crippen LogP contribution is 2.48. The number of hydrogen-bond donors (Lipinski definition) is 0. The predicted molar refractivity (Wildman–Crippen MR) is 72.5 cm³/mol. The highest BCUT2D eigenvalue weighted by atomic mass is 16.5. The van der Waals surface area contributed by atoms with Crippen molar-refractivity contribution in [3.8, 4) is 0 Å². The first-order chi connectivity index (χ1) is 9.14. The summed E-state index contributed by atoms with van der Waals surface area (Å²) in [4.78, 5) is 26.2. The number of carbonyl (C=O) groups excluding carboxylic acids is 2. The van der Waals surface area contributed by atoms with E-state index in [1.54, 1.807) is 0 Å². The van der Waals surface area contributed by atoms with Crippen LogP contribution in [0.1, 0.15) is 51.9 Å². The van der Waals surface area contributed by atoms with Gasteiger partial charge in [-0.05, 0) is 38.0 Å². The summed E-state index contributed by atoms with van der Waals surface area (Å²) in [6, 6.07) is 0. The SMILES string of the molecule is CCC[C@@H]1CCCN(C(=O)C2(C(=O)OC)CC2)CC1. The maximum absolute atomic E-state index is 12.5. The van der Waals surface area contributed by atoms with Crippen LogP contribution in [0.15, 0.2) is 0 Å². The van der Waals surface area contributed by atoms with Crippen molar-refractivity contribution in [2.45, 2.75) is 51.9 Å². The van der Waals surface area contributed by atoms with E-state index in [4.69, 9.17) is 4.74 Å². The van der Waals surface area contributed by atoms with Gasteiger partial charge in [0, 0.05) is 13.1 Å². The zero-order chi connectivity index (χ0) is 13.9. The molecule has 2 fully saturated rings. The van der Waals surface area contributed by atoms with Crippen LogP contribution in [-0.4, -0.2) is 37.0 Å². The van der Waals surface area contributed by atoms with Crippen LogP contribution in [0.4, 0.5) is 0 Å². The van der Waals surface area contributed by atoms with Crippen LogP contribution in [0, 0.1) is 11.3 Å².